The first-order valence-corrected chi connectivity index (χ1v) is 13.4. The SMILES string of the molecule is C=C[C@H]1CC[C@H](c2ccc(CCOC(F)(F)c3ccc([C@H]4CC[C@H](/C=C/C)CC4)cc3)cc2)CC1. The number of allylic oxidation sites excluding steroid dienone is 3. The topological polar surface area (TPSA) is 9.23 Å². The van der Waals surface area contributed by atoms with E-state index in [1.165, 1.54) is 49.7 Å². The van der Waals surface area contributed by atoms with Crippen molar-refractivity contribution in [3.63, 3.8) is 0 Å². The highest BCUT2D eigenvalue weighted by molar-refractivity contribution is 5.28. The van der Waals surface area contributed by atoms with Gasteiger partial charge in [-0.2, -0.15) is 8.78 Å². The number of hydrogen-bond acceptors (Lipinski definition) is 1. The lowest BCUT2D eigenvalue weighted by molar-refractivity contribution is -0.248. The summed E-state index contributed by atoms with van der Waals surface area (Å²) < 4.78 is 34.5. The molecular formula is C32H40F2O. The molecule has 0 N–H and O–H groups in total. The van der Waals surface area contributed by atoms with Crippen molar-refractivity contribution in [3.8, 4) is 0 Å². The van der Waals surface area contributed by atoms with Crippen molar-refractivity contribution < 1.29 is 13.5 Å². The zero-order valence-corrected chi connectivity index (χ0v) is 21.1. The predicted molar refractivity (Wildman–Crippen MR) is 141 cm³/mol. The van der Waals surface area contributed by atoms with Crippen molar-refractivity contribution in [1.29, 1.82) is 0 Å². The van der Waals surface area contributed by atoms with Crippen LogP contribution in [0.3, 0.4) is 0 Å². The molecule has 2 aliphatic rings. The van der Waals surface area contributed by atoms with Gasteiger partial charge in [0.05, 0.1) is 12.2 Å². The van der Waals surface area contributed by atoms with Crippen LogP contribution in [-0.4, -0.2) is 6.61 Å². The van der Waals surface area contributed by atoms with Crippen molar-refractivity contribution in [2.24, 2.45) is 11.8 Å². The van der Waals surface area contributed by atoms with Gasteiger partial charge in [-0.15, -0.1) is 6.58 Å². The third kappa shape index (κ3) is 6.91. The van der Waals surface area contributed by atoms with Crippen LogP contribution in [0.1, 0.15) is 92.4 Å². The van der Waals surface area contributed by atoms with E-state index in [2.05, 4.69) is 56.0 Å². The molecule has 35 heavy (non-hydrogen) atoms. The van der Waals surface area contributed by atoms with Gasteiger partial charge in [0.25, 0.3) is 0 Å². The second-order valence-electron chi connectivity index (χ2n) is 10.5. The Morgan fingerprint density at radius 1 is 0.800 bits per heavy atom. The zero-order valence-electron chi connectivity index (χ0n) is 21.1. The molecule has 2 fully saturated rings. The van der Waals surface area contributed by atoms with Crippen LogP contribution in [0.25, 0.3) is 0 Å². The molecule has 2 saturated carbocycles. The van der Waals surface area contributed by atoms with E-state index in [1.54, 1.807) is 12.1 Å². The first kappa shape index (κ1) is 25.8. The molecule has 0 saturated heterocycles. The lowest BCUT2D eigenvalue weighted by atomic mass is 9.78. The Morgan fingerprint density at radius 3 is 1.83 bits per heavy atom. The third-order valence-corrected chi connectivity index (χ3v) is 8.18. The van der Waals surface area contributed by atoms with Crippen molar-refractivity contribution in [1.82, 2.24) is 0 Å². The van der Waals surface area contributed by atoms with Gasteiger partial charge in [0.2, 0.25) is 0 Å². The average Bonchev–Trinajstić information content (AvgIpc) is 2.90. The molecule has 2 aromatic rings. The molecule has 188 valence electrons. The van der Waals surface area contributed by atoms with Crippen LogP contribution in [0.2, 0.25) is 0 Å². The standard InChI is InChI=1S/C32H40F2O/c1-3-5-25-8-14-29(15-9-25)30-18-20-31(21-19-30)32(33,34)35-23-22-26-10-16-28(17-11-26)27-12-6-24(4-2)7-13-27/h3-5,10-11,16-21,24-25,27,29H,2,6-9,12-15,22-23H2,1H3/b5-3+/t24-,25-,27-,29-. The molecule has 0 spiro atoms. The summed E-state index contributed by atoms with van der Waals surface area (Å²) >= 11 is 0. The lowest BCUT2D eigenvalue weighted by Gasteiger charge is -2.27. The van der Waals surface area contributed by atoms with Crippen LogP contribution in [0.4, 0.5) is 8.78 Å². The summed E-state index contributed by atoms with van der Waals surface area (Å²) in [6.07, 6.45) is 13.1. The molecule has 0 amide bonds. The number of alkyl halides is 2. The van der Waals surface area contributed by atoms with Crippen molar-refractivity contribution in [2.45, 2.75) is 82.7 Å². The molecule has 4 rings (SSSR count). The normalized spacial score (nSPS) is 25.6. The minimum absolute atomic E-state index is 0.00645. The fraction of sp³-hybridized carbons (Fsp3) is 0.500. The zero-order chi connectivity index (χ0) is 24.7. The average molecular weight is 479 g/mol. The fourth-order valence-electron chi connectivity index (χ4n) is 5.89. The Balaban J connectivity index is 1.24. The van der Waals surface area contributed by atoms with Crippen molar-refractivity contribution in [2.75, 3.05) is 6.61 Å². The molecular weight excluding hydrogens is 438 g/mol. The number of benzene rings is 2. The minimum Gasteiger partial charge on any atom is -0.316 e. The van der Waals surface area contributed by atoms with Crippen LogP contribution in [0, 0.1) is 11.8 Å². The van der Waals surface area contributed by atoms with E-state index in [4.69, 9.17) is 4.74 Å². The summed E-state index contributed by atoms with van der Waals surface area (Å²) in [6, 6.07) is 15.3. The highest BCUT2D eigenvalue weighted by atomic mass is 19.3. The van der Waals surface area contributed by atoms with Gasteiger partial charge in [-0.1, -0.05) is 66.8 Å². The first-order chi connectivity index (χ1) is 17.0. The summed E-state index contributed by atoms with van der Waals surface area (Å²) in [5, 5.41) is 0. The Labute approximate surface area is 210 Å². The summed E-state index contributed by atoms with van der Waals surface area (Å²) in [6.45, 7) is 5.98. The van der Waals surface area contributed by atoms with Crippen LogP contribution >= 0.6 is 0 Å². The Bertz CT molecular complexity index is 944. The van der Waals surface area contributed by atoms with E-state index in [0.717, 1.165) is 18.4 Å². The van der Waals surface area contributed by atoms with Gasteiger partial charge in [-0.05, 0) is 105 Å². The van der Waals surface area contributed by atoms with E-state index in [-0.39, 0.29) is 12.2 Å². The third-order valence-electron chi connectivity index (χ3n) is 8.18. The van der Waals surface area contributed by atoms with Crippen LogP contribution in [-0.2, 0) is 17.3 Å². The summed E-state index contributed by atoms with van der Waals surface area (Å²) in [5.41, 5.74) is 3.50. The number of halogens is 2. The quantitative estimate of drug-likeness (QED) is 0.326. The van der Waals surface area contributed by atoms with Gasteiger partial charge in [0.15, 0.2) is 0 Å². The van der Waals surface area contributed by atoms with Gasteiger partial charge in [0, 0.05) is 0 Å². The Morgan fingerprint density at radius 2 is 1.31 bits per heavy atom. The van der Waals surface area contributed by atoms with E-state index in [9.17, 15) is 8.78 Å². The number of hydrogen-bond donors (Lipinski definition) is 0. The predicted octanol–water partition coefficient (Wildman–Crippen LogP) is 9.30. The van der Waals surface area contributed by atoms with E-state index >= 15 is 0 Å². The monoisotopic (exact) mass is 478 g/mol. The number of ether oxygens (including phenoxy) is 1. The Kier molecular flexibility index (Phi) is 8.94. The minimum atomic E-state index is -3.27. The molecule has 0 radical (unpaired) electrons. The lowest BCUT2D eigenvalue weighted by Crippen LogP contribution is -2.20. The van der Waals surface area contributed by atoms with Gasteiger partial charge in [0.1, 0.15) is 0 Å². The maximum Gasteiger partial charge on any atom is 0.383 e. The maximum absolute atomic E-state index is 14.7. The first-order valence-electron chi connectivity index (χ1n) is 13.4. The number of rotatable bonds is 9. The van der Waals surface area contributed by atoms with Crippen LogP contribution in [0.5, 0.6) is 0 Å². The van der Waals surface area contributed by atoms with Gasteiger partial charge in [-0.25, -0.2) is 0 Å². The largest absolute Gasteiger partial charge is 0.383 e. The highest BCUT2D eigenvalue weighted by Crippen LogP contribution is 2.38. The molecule has 0 unspecified atom stereocenters. The van der Waals surface area contributed by atoms with E-state index < -0.39 is 6.11 Å². The molecule has 0 aliphatic heterocycles. The Hall–Kier alpha value is -2.26. The fourth-order valence-corrected chi connectivity index (χ4v) is 5.89. The maximum atomic E-state index is 14.7. The van der Waals surface area contributed by atoms with Crippen molar-refractivity contribution >= 4 is 0 Å². The van der Waals surface area contributed by atoms with E-state index in [1.807, 2.05) is 12.1 Å². The van der Waals surface area contributed by atoms with Crippen molar-refractivity contribution in [3.05, 3.63) is 95.6 Å². The molecule has 2 aromatic carbocycles. The summed E-state index contributed by atoms with van der Waals surface area (Å²) in [7, 11) is 0. The molecule has 0 bridgehead atoms. The highest BCUT2D eigenvalue weighted by Gasteiger charge is 2.33. The second kappa shape index (κ2) is 12.1. The smallest absolute Gasteiger partial charge is 0.316 e. The molecule has 1 nitrogen and oxygen atoms in total. The second-order valence-corrected chi connectivity index (χ2v) is 10.5. The molecule has 0 atom stereocenters. The summed E-state index contributed by atoms with van der Waals surface area (Å²) in [4.78, 5) is 0. The van der Waals surface area contributed by atoms with Crippen LogP contribution in [0.15, 0.2) is 73.3 Å². The van der Waals surface area contributed by atoms with Gasteiger partial charge in [-0.3, -0.25) is 0 Å². The molecule has 0 heterocycles. The molecule has 2 aliphatic carbocycles. The molecule has 3 heteroatoms. The van der Waals surface area contributed by atoms with Crippen LogP contribution < -0.4 is 0 Å². The van der Waals surface area contributed by atoms with Gasteiger partial charge >= 0.3 is 6.11 Å². The molecule has 0 aromatic heterocycles. The van der Waals surface area contributed by atoms with E-state index in [0.29, 0.717) is 30.1 Å². The van der Waals surface area contributed by atoms with Gasteiger partial charge < -0.3 is 4.74 Å². The summed E-state index contributed by atoms with van der Waals surface area (Å²) in [5.74, 6) is 2.40.